The van der Waals surface area contributed by atoms with Crippen molar-refractivity contribution in [2.24, 2.45) is 0 Å². The number of nitriles is 1. The third-order valence-corrected chi connectivity index (χ3v) is 7.28. The normalized spacial score (nSPS) is 13.2. The summed E-state index contributed by atoms with van der Waals surface area (Å²) in [7, 11) is 0. The maximum atomic E-state index is 13.4. The van der Waals surface area contributed by atoms with Gasteiger partial charge >= 0.3 is 6.03 Å². The van der Waals surface area contributed by atoms with E-state index in [2.05, 4.69) is 39.5 Å². The fraction of sp³-hybridized carbons (Fsp3) is 0.207. The number of nitrogens with one attached hydrogen (secondary N) is 1. The van der Waals surface area contributed by atoms with Crippen LogP contribution in [0.25, 0.3) is 17.0 Å². The molecule has 0 fully saturated rings. The number of aryl methyl sites for hydroxylation is 1. The van der Waals surface area contributed by atoms with Crippen LogP contribution in [0.15, 0.2) is 60.8 Å². The van der Waals surface area contributed by atoms with Gasteiger partial charge in [0.05, 0.1) is 17.1 Å². The fourth-order valence-corrected chi connectivity index (χ4v) is 5.10. The third-order valence-electron chi connectivity index (χ3n) is 6.65. The van der Waals surface area contributed by atoms with E-state index in [-0.39, 0.29) is 18.4 Å². The van der Waals surface area contributed by atoms with Gasteiger partial charge in [-0.3, -0.25) is 9.47 Å². The Balaban J connectivity index is 0.00000336. The van der Waals surface area contributed by atoms with Crippen LogP contribution in [0.4, 0.5) is 4.79 Å². The summed E-state index contributed by atoms with van der Waals surface area (Å²) in [5, 5.41) is 14.6. The molecule has 1 aliphatic rings. The number of fused-ring (bicyclic) bond motifs is 3. The average Bonchev–Trinajstić information content (AvgIpc) is 3.22. The molecular formula is C29H26Cl3N5O. The van der Waals surface area contributed by atoms with E-state index in [1.807, 2.05) is 37.3 Å². The highest BCUT2D eigenvalue weighted by Crippen LogP contribution is 2.32. The van der Waals surface area contributed by atoms with Gasteiger partial charge in [-0.15, -0.1) is 12.4 Å². The second-order valence-corrected chi connectivity index (χ2v) is 9.94. The molecule has 0 saturated carbocycles. The van der Waals surface area contributed by atoms with Gasteiger partial charge in [0.1, 0.15) is 5.15 Å². The molecular weight excluding hydrogens is 541 g/mol. The van der Waals surface area contributed by atoms with Crippen molar-refractivity contribution >= 4 is 58.6 Å². The highest BCUT2D eigenvalue weighted by molar-refractivity contribution is 6.31. The monoisotopic (exact) mass is 565 g/mol. The highest BCUT2D eigenvalue weighted by Gasteiger charge is 2.26. The van der Waals surface area contributed by atoms with Crippen LogP contribution in [0.5, 0.6) is 0 Å². The predicted molar refractivity (Wildman–Crippen MR) is 155 cm³/mol. The minimum absolute atomic E-state index is 0. The number of hydrogen-bond acceptors (Lipinski definition) is 4. The van der Waals surface area contributed by atoms with Crippen molar-refractivity contribution in [3.63, 3.8) is 0 Å². The Kier molecular flexibility index (Phi) is 8.76. The zero-order valence-electron chi connectivity index (χ0n) is 20.7. The maximum absolute atomic E-state index is 13.4. The minimum atomic E-state index is -0.199. The maximum Gasteiger partial charge on any atom is 0.326 e. The number of aromatic nitrogens is 2. The predicted octanol–water partition coefficient (Wildman–Crippen LogP) is 6.77. The number of rotatable bonds is 5. The van der Waals surface area contributed by atoms with E-state index in [0.29, 0.717) is 23.8 Å². The van der Waals surface area contributed by atoms with Crippen LogP contribution >= 0.6 is 35.6 Å². The lowest BCUT2D eigenvalue weighted by Crippen LogP contribution is -2.34. The second kappa shape index (κ2) is 12.0. The zero-order valence-corrected chi connectivity index (χ0v) is 23.1. The molecule has 1 amide bonds. The van der Waals surface area contributed by atoms with Gasteiger partial charge in [-0.2, -0.15) is 5.26 Å². The molecule has 194 valence electrons. The van der Waals surface area contributed by atoms with Crippen molar-refractivity contribution in [2.45, 2.75) is 26.4 Å². The zero-order chi connectivity index (χ0) is 25.9. The number of nitrogens with zero attached hydrogens (tertiary/aromatic N) is 4. The summed E-state index contributed by atoms with van der Waals surface area (Å²) in [5.74, 6) is 0. The van der Waals surface area contributed by atoms with Gasteiger partial charge in [0.2, 0.25) is 0 Å². The topological polar surface area (TPSA) is 74.0 Å². The standard InChI is InChI=1S/C29H25Cl2N5O.ClH/c1-19-13-20(4-6-25(19)30)3-2-11-35-12-9-27-24(18-35)23-14-21(16-32)5-7-26(23)36(27)29(37)34-17-22-8-10-33-28(31)15-22;/h2-8,10,13-15H,9,11-12,17-18H2,1H3,(H,34,37);1H/b3-2+;. The third kappa shape index (κ3) is 5.87. The number of carbonyl (C=O) groups is 1. The molecule has 1 N–H and O–H groups in total. The number of hydrogen-bond donors (Lipinski definition) is 1. The number of benzene rings is 2. The molecule has 1 aliphatic heterocycles. The Labute approximate surface area is 237 Å². The summed E-state index contributed by atoms with van der Waals surface area (Å²) >= 11 is 12.1. The lowest BCUT2D eigenvalue weighted by atomic mass is 10.0. The van der Waals surface area contributed by atoms with E-state index in [9.17, 15) is 10.1 Å². The quantitative estimate of drug-likeness (QED) is 0.270. The summed E-state index contributed by atoms with van der Waals surface area (Å²) < 4.78 is 1.76. The van der Waals surface area contributed by atoms with Gasteiger partial charge in [0.25, 0.3) is 0 Å². The summed E-state index contributed by atoms with van der Waals surface area (Å²) in [5.41, 5.74) is 6.51. The summed E-state index contributed by atoms with van der Waals surface area (Å²) in [6, 6.07) is 17.1. The Morgan fingerprint density at radius 3 is 2.79 bits per heavy atom. The molecule has 4 aromatic rings. The van der Waals surface area contributed by atoms with E-state index in [1.54, 1.807) is 22.9 Å². The first kappa shape index (κ1) is 27.7. The minimum Gasteiger partial charge on any atom is -0.333 e. The van der Waals surface area contributed by atoms with E-state index < -0.39 is 0 Å². The largest absolute Gasteiger partial charge is 0.333 e. The Hall–Kier alpha value is -3.34. The molecule has 0 saturated heterocycles. The van der Waals surface area contributed by atoms with Crippen molar-refractivity contribution < 1.29 is 4.79 Å². The van der Waals surface area contributed by atoms with Crippen LogP contribution in [0, 0.1) is 18.3 Å². The fourth-order valence-electron chi connectivity index (χ4n) is 4.79. The molecule has 0 aliphatic carbocycles. The molecule has 0 radical (unpaired) electrons. The van der Waals surface area contributed by atoms with E-state index in [1.165, 1.54) is 0 Å². The molecule has 0 unspecified atom stereocenters. The number of carbonyl (C=O) groups excluding carboxylic acids is 1. The van der Waals surface area contributed by atoms with E-state index >= 15 is 0 Å². The van der Waals surface area contributed by atoms with Gasteiger partial charge in [-0.25, -0.2) is 9.78 Å². The van der Waals surface area contributed by atoms with Gasteiger partial charge in [0, 0.05) is 54.9 Å². The van der Waals surface area contributed by atoms with Crippen LogP contribution in [0.2, 0.25) is 10.2 Å². The molecule has 38 heavy (non-hydrogen) atoms. The van der Waals surface area contributed by atoms with Gasteiger partial charge in [0.15, 0.2) is 0 Å². The van der Waals surface area contributed by atoms with Crippen LogP contribution in [0.1, 0.15) is 33.5 Å². The number of pyridine rings is 1. The molecule has 0 bridgehead atoms. The van der Waals surface area contributed by atoms with E-state index in [4.69, 9.17) is 23.2 Å². The molecule has 9 heteroatoms. The summed E-state index contributed by atoms with van der Waals surface area (Å²) in [6.45, 7) is 4.64. The molecule has 2 aromatic carbocycles. The van der Waals surface area contributed by atoms with Crippen molar-refractivity contribution in [1.29, 1.82) is 5.26 Å². The lowest BCUT2D eigenvalue weighted by molar-refractivity contribution is 0.240. The smallest absolute Gasteiger partial charge is 0.326 e. The highest BCUT2D eigenvalue weighted by atomic mass is 35.5. The first-order valence-electron chi connectivity index (χ1n) is 12.0. The first-order valence-corrected chi connectivity index (χ1v) is 12.8. The van der Waals surface area contributed by atoms with Crippen molar-refractivity contribution in [2.75, 3.05) is 13.1 Å². The number of amides is 1. The Morgan fingerprint density at radius 2 is 2.03 bits per heavy atom. The second-order valence-electron chi connectivity index (χ2n) is 9.15. The molecule has 6 nitrogen and oxygen atoms in total. The van der Waals surface area contributed by atoms with Gasteiger partial charge in [-0.05, 0) is 65.6 Å². The van der Waals surface area contributed by atoms with Crippen LogP contribution in [-0.4, -0.2) is 33.6 Å². The van der Waals surface area contributed by atoms with Crippen LogP contribution < -0.4 is 5.32 Å². The van der Waals surface area contributed by atoms with Crippen LogP contribution in [0.3, 0.4) is 0 Å². The van der Waals surface area contributed by atoms with Crippen molar-refractivity contribution in [3.05, 3.63) is 104 Å². The molecule has 0 atom stereocenters. The molecule has 0 spiro atoms. The number of halogens is 3. The summed E-state index contributed by atoms with van der Waals surface area (Å²) in [4.78, 5) is 19.7. The van der Waals surface area contributed by atoms with Gasteiger partial charge < -0.3 is 5.32 Å². The Morgan fingerprint density at radius 1 is 1.18 bits per heavy atom. The first-order chi connectivity index (χ1) is 17.9. The van der Waals surface area contributed by atoms with Gasteiger partial charge in [-0.1, -0.05) is 47.5 Å². The molecule has 2 aromatic heterocycles. The van der Waals surface area contributed by atoms with Crippen molar-refractivity contribution in [1.82, 2.24) is 19.8 Å². The van der Waals surface area contributed by atoms with Crippen LogP contribution in [-0.2, 0) is 19.5 Å². The SMILES string of the molecule is Cc1cc(/C=C/CN2CCc3c(c4cc(C#N)ccc4n3C(=O)NCc3ccnc(Cl)c3)C2)ccc1Cl.Cl. The molecule has 5 rings (SSSR count). The van der Waals surface area contributed by atoms with E-state index in [0.717, 1.165) is 63.4 Å². The average molecular weight is 567 g/mol. The molecule has 3 heterocycles. The Bertz CT molecular complexity index is 1570. The van der Waals surface area contributed by atoms with Crippen molar-refractivity contribution in [3.8, 4) is 6.07 Å². The lowest BCUT2D eigenvalue weighted by Gasteiger charge is -2.27. The summed E-state index contributed by atoms with van der Waals surface area (Å²) in [6.07, 6.45) is 6.61.